The molecule has 5 nitrogen and oxygen atoms in total. The lowest BCUT2D eigenvalue weighted by atomic mass is 10.2. The quantitative estimate of drug-likeness (QED) is 0.515. The molecule has 0 unspecified atom stereocenters. The summed E-state index contributed by atoms with van der Waals surface area (Å²) in [4.78, 5) is 11.8. The molecule has 0 fully saturated rings. The summed E-state index contributed by atoms with van der Waals surface area (Å²) in [7, 11) is 0. The van der Waals surface area contributed by atoms with E-state index in [2.05, 4.69) is 5.32 Å². The molecule has 0 saturated carbocycles. The average Bonchev–Trinajstić information content (AvgIpc) is 2.44. The van der Waals surface area contributed by atoms with E-state index in [1.165, 1.54) is 30.4 Å². The normalized spacial score (nSPS) is 10.7. The van der Waals surface area contributed by atoms with Crippen LogP contribution < -0.4 is 5.32 Å². The fourth-order valence-electron chi connectivity index (χ4n) is 1.74. The van der Waals surface area contributed by atoms with Gasteiger partial charge in [-0.2, -0.15) is 0 Å². The molecule has 0 aliphatic heterocycles. The summed E-state index contributed by atoms with van der Waals surface area (Å²) in [5.74, 6) is -0.900. The van der Waals surface area contributed by atoms with Gasteiger partial charge in [-0.15, -0.1) is 0 Å². The van der Waals surface area contributed by atoms with Crippen LogP contribution in [0.3, 0.4) is 0 Å². The molecule has 2 rings (SSSR count). The Morgan fingerprint density at radius 3 is 2.43 bits per heavy atom. The van der Waals surface area contributed by atoms with Crippen molar-refractivity contribution in [3.8, 4) is 17.2 Å². The van der Waals surface area contributed by atoms with Gasteiger partial charge in [0.1, 0.15) is 5.75 Å². The molecule has 2 aromatic carbocycles. The smallest absolute Gasteiger partial charge is 0.248 e. The minimum absolute atomic E-state index is 0.00960. The molecule has 4 N–H and O–H groups in total. The molecule has 0 aliphatic rings. The Morgan fingerprint density at radius 2 is 1.71 bits per heavy atom. The Morgan fingerprint density at radius 1 is 1.00 bits per heavy atom. The number of nitrogens with one attached hydrogen (secondary N) is 1. The van der Waals surface area contributed by atoms with E-state index in [4.69, 9.17) is 0 Å². The largest absolute Gasteiger partial charge is 0.506 e. The Labute approximate surface area is 121 Å². The number of hydrogen-bond donors (Lipinski definition) is 4. The minimum atomic E-state index is -0.413. The standard InChI is InChI=1S/C16H15NO4/c1-10-2-5-13(18)12(8-10)17-16(21)7-4-11-3-6-14(19)15(20)9-11/h2-9,18-20H,1H3,(H,17,21)/b7-4+. The summed E-state index contributed by atoms with van der Waals surface area (Å²) in [5, 5.41) is 30.7. The first-order valence-electron chi connectivity index (χ1n) is 6.26. The van der Waals surface area contributed by atoms with Crippen molar-refractivity contribution in [2.45, 2.75) is 6.92 Å². The molecule has 0 bridgehead atoms. The Bertz CT molecular complexity index is 707. The lowest BCUT2D eigenvalue weighted by Crippen LogP contribution is -2.08. The maximum absolute atomic E-state index is 11.8. The maximum Gasteiger partial charge on any atom is 0.248 e. The third-order valence-corrected chi connectivity index (χ3v) is 2.84. The first kappa shape index (κ1) is 14.5. The van der Waals surface area contributed by atoms with E-state index in [-0.39, 0.29) is 17.2 Å². The SMILES string of the molecule is Cc1ccc(O)c(NC(=O)/C=C/c2ccc(O)c(O)c2)c1. The van der Waals surface area contributed by atoms with Crippen molar-refractivity contribution in [1.29, 1.82) is 0 Å². The van der Waals surface area contributed by atoms with Gasteiger partial charge in [-0.25, -0.2) is 0 Å². The topological polar surface area (TPSA) is 89.8 Å². The monoisotopic (exact) mass is 285 g/mol. The third-order valence-electron chi connectivity index (χ3n) is 2.84. The number of phenolic OH excluding ortho intramolecular Hbond substituents is 3. The van der Waals surface area contributed by atoms with Crippen LogP contribution >= 0.6 is 0 Å². The number of aromatic hydroxyl groups is 3. The third kappa shape index (κ3) is 3.76. The average molecular weight is 285 g/mol. The van der Waals surface area contributed by atoms with Gasteiger partial charge in [0.15, 0.2) is 11.5 Å². The van der Waals surface area contributed by atoms with Crippen LogP contribution in [0.4, 0.5) is 5.69 Å². The van der Waals surface area contributed by atoms with E-state index in [1.54, 1.807) is 18.2 Å². The minimum Gasteiger partial charge on any atom is -0.506 e. The second kappa shape index (κ2) is 6.00. The molecule has 2 aromatic rings. The first-order chi connectivity index (χ1) is 9.95. The Hall–Kier alpha value is -2.95. The van der Waals surface area contributed by atoms with Crippen LogP contribution in [0.25, 0.3) is 6.08 Å². The van der Waals surface area contributed by atoms with Crippen molar-refractivity contribution in [3.63, 3.8) is 0 Å². The Kier molecular flexibility index (Phi) is 4.13. The molecule has 0 aliphatic carbocycles. The number of aryl methyl sites for hydroxylation is 1. The second-order valence-corrected chi connectivity index (χ2v) is 4.59. The number of hydrogen-bond acceptors (Lipinski definition) is 4. The summed E-state index contributed by atoms with van der Waals surface area (Å²) in [6.07, 6.45) is 2.76. The summed E-state index contributed by atoms with van der Waals surface area (Å²) >= 11 is 0. The van der Waals surface area contributed by atoms with Gasteiger partial charge in [-0.05, 0) is 48.4 Å². The van der Waals surface area contributed by atoms with Crippen LogP contribution in [-0.2, 0) is 4.79 Å². The highest BCUT2D eigenvalue weighted by Crippen LogP contribution is 2.26. The molecule has 0 spiro atoms. The van der Waals surface area contributed by atoms with Crippen molar-refractivity contribution in [3.05, 3.63) is 53.6 Å². The van der Waals surface area contributed by atoms with Crippen molar-refractivity contribution in [2.75, 3.05) is 5.32 Å². The van der Waals surface area contributed by atoms with Crippen molar-refractivity contribution in [2.24, 2.45) is 0 Å². The molecule has 0 heterocycles. The number of anilines is 1. The molecule has 108 valence electrons. The molecular weight excluding hydrogens is 270 g/mol. The number of phenols is 3. The Balaban J connectivity index is 2.09. The predicted octanol–water partition coefficient (Wildman–Crippen LogP) is 2.76. The van der Waals surface area contributed by atoms with Gasteiger partial charge in [0.2, 0.25) is 5.91 Å². The number of carbonyl (C=O) groups is 1. The molecule has 0 radical (unpaired) electrons. The van der Waals surface area contributed by atoms with Crippen LogP contribution in [-0.4, -0.2) is 21.2 Å². The predicted molar refractivity (Wildman–Crippen MR) is 80.3 cm³/mol. The number of rotatable bonds is 3. The maximum atomic E-state index is 11.8. The molecule has 0 atom stereocenters. The molecule has 21 heavy (non-hydrogen) atoms. The van der Waals surface area contributed by atoms with Crippen molar-refractivity contribution >= 4 is 17.7 Å². The van der Waals surface area contributed by atoms with Gasteiger partial charge in [0.05, 0.1) is 5.69 Å². The molecule has 0 saturated heterocycles. The molecule has 5 heteroatoms. The highest BCUT2D eigenvalue weighted by Gasteiger charge is 2.04. The van der Waals surface area contributed by atoms with E-state index < -0.39 is 5.91 Å². The van der Waals surface area contributed by atoms with Crippen LogP contribution in [0.15, 0.2) is 42.5 Å². The highest BCUT2D eigenvalue weighted by atomic mass is 16.3. The van der Waals surface area contributed by atoms with E-state index in [9.17, 15) is 20.1 Å². The summed E-state index contributed by atoms with van der Waals surface area (Å²) in [6, 6.07) is 9.13. The van der Waals surface area contributed by atoms with Gasteiger partial charge < -0.3 is 20.6 Å². The van der Waals surface area contributed by atoms with E-state index >= 15 is 0 Å². The van der Waals surface area contributed by atoms with Gasteiger partial charge in [0, 0.05) is 6.08 Å². The fraction of sp³-hybridized carbons (Fsp3) is 0.0625. The summed E-state index contributed by atoms with van der Waals surface area (Å²) < 4.78 is 0. The number of amides is 1. The summed E-state index contributed by atoms with van der Waals surface area (Å²) in [6.45, 7) is 1.85. The van der Waals surface area contributed by atoms with Gasteiger partial charge in [-0.3, -0.25) is 4.79 Å². The van der Waals surface area contributed by atoms with Gasteiger partial charge >= 0.3 is 0 Å². The zero-order valence-electron chi connectivity index (χ0n) is 11.4. The van der Waals surface area contributed by atoms with Crippen LogP contribution in [0, 0.1) is 6.92 Å². The fourth-order valence-corrected chi connectivity index (χ4v) is 1.74. The number of benzene rings is 2. The van der Waals surface area contributed by atoms with E-state index in [0.717, 1.165) is 5.56 Å². The molecule has 0 aromatic heterocycles. The first-order valence-corrected chi connectivity index (χ1v) is 6.26. The second-order valence-electron chi connectivity index (χ2n) is 4.59. The van der Waals surface area contributed by atoms with Crippen molar-refractivity contribution < 1.29 is 20.1 Å². The number of carbonyl (C=O) groups excluding carboxylic acids is 1. The van der Waals surface area contributed by atoms with Gasteiger partial charge in [0.25, 0.3) is 0 Å². The van der Waals surface area contributed by atoms with Crippen molar-refractivity contribution in [1.82, 2.24) is 0 Å². The van der Waals surface area contributed by atoms with Crippen LogP contribution in [0.5, 0.6) is 17.2 Å². The van der Waals surface area contributed by atoms with Gasteiger partial charge in [-0.1, -0.05) is 12.1 Å². The van der Waals surface area contributed by atoms with Crippen LogP contribution in [0.2, 0.25) is 0 Å². The zero-order chi connectivity index (χ0) is 15.4. The lowest BCUT2D eigenvalue weighted by molar-refractivity contribution is -0.111. The molecular formula is C16H15NO4. The molecule has 1 amide bonds. The zero-order valence-corrected chi connectivity index (χ0v) is 11.4. The van der Waals surface area contributed by atoms with E-state index in [0.29, 0.717) is 11.3 Å². The van der Waals surface area contributed by atoms with Crippen LogP contribution in [0.1, 0.15) is 11.1 Å². The summed E-state index contributed by atoms with van der Waals surface area (Å²) in [5.41, 5.74) is 1.81. The lowest BCUT2D eigenvalue weighted by Gasteiger charge is -2.06. The highest BCUT2D eigenvalue weighted by molar-refractivity contribution is 6.02. The van der Waals surface area contributed by atoms with E-state index in [1.807, 2.05) is 6.92 Å².